The molecule has 2 heterocycles. The molecule has 2 aromatic rings. The van der Waals surface area contributed by atoms with Crippen LogP contribution in [-0.2, 0) is 4.79 Å². The van der Waals surface area contributed by atoms with Crippen molar-refractivity contribution in [3.63, 3.8) is 0 Å². The van der Waals surface area contributed by atoms with Crippen molar-refractivity contribution in [3.05, 3.63) is 42.1 Å². The average molecular weight is 450 g/mol. The van der Waals surface area contributed by atoms with E-state index in [1.54, 1.807) is 18.6 Å². The van der Waals surface area contributed by atoms with E-state index in [1.165, 1.54) is 6.07 Å². The van der Waals surface area contributed by atoms with Gasteiger partial charge in [-0.1, -0.05) is 34.7 Å². The van der Waals surface area contributed by atoms with Crippen LogP contribution in [0.5, 0.6) is 0 Å². The summed E-state index contributed by atoms with van der Waals surface area (Å²) in [4.78, 5) is 17.6. The summed E-state index contributed by atoms with van der Waals surface area (Å²) < 4.78 is 17.0. The lowest BCUT2D eigenvalue weighted by atomic mass is 9.58. The minimum absolute atomic E-state index is 0.165. The Kier molecular flexibility index (Phi) is 3.44. The van der Waals surface area contributed by atoms with Crippen molar-refractivity contribution in [3.8, 4) is 11.3 Å². The Morgan fingerprint density at radius 3 is 2.68 bits per heavy atom. The number of carbonyl (C=O) groups excluding carboxylic acids is 1. The smallest absolute Gasteiger partial charge is 0.141 e. The molecule has 3 fully saturated rings. The minimum Gasteiger partial charge on any atom is -0.322 e. The maximum atomic E-state index is 14.6. The van der Waals surface area contributed by atoms with Gasteiger partial charge in [-0.2, -0.15) is 0 Å². The van der Waals surface area contributed by atoms with Crippen LogP contribution in [0.2, 0.25) is 0 Å². The summed E-state index contributed by atoms with van der Waals surface area (Å²) in [5.41, 5.74) is 2.30. The molecule has 3 nitrogen and oxygen atoms in total. The number of aromatic nitrogens is 2. The third-order valence-electron chi connectivity index (χ3n) is 6.79. The van der Waals surface area contributed by atoms with E-state index in [0.717, 1.165) is 49.8 Å². The highest BCUT2D eigenvalue weighted by molar-refractivity contribution is 14.1. The van der Waals surface area contributed by atoms with Crippen molar-refractivity contribution in [2.45, 2.75) is 54.4 Å². The van der Waals surface area contributed by atoms with E-state index in [4.69, 9.17) is 0 Å². The maximum absolute atomic E-state index is 14.6. The normalized spacial score (nSPS) is 32.5. The number of ketones is 1. The standard InChI is InChI=1S/C20H20FIN2O/c21-14-3-1-2-13-16-11-23-12-24(16)15(18(13)14)10-17(25)19-4-7-20(22,8-5-19)9-6-19/h1-3,11-12,15H,4-10H2. The van der Waals surface area contributed by atoms with Crippen molar-refractivity contribution in [1.29, 1.82) is 0 Å². The molecular weight excluding hydrogens is 430 g/mol. The maximum Gasteiger partial charge on any atom is 0.141 e. The van der Waals surface area contributed by atoms with Gasteiger partial charge in [0.25, 0.3) is 0 Å². The molecule has 0 N–H and O–H groups in total. The lowest BCUT2D eigenvalue weighted by Crippen LogP contribution is -2.46. The van der Waals surface area contributed by atoms with Crippen LogP contribution in [0.3, 0.4) is 0 Å². The fourth-order valence-electron chi connectivity index (χ4n) is 5.15. The van der Waals surface area contributed by atoms with Crippen LogP contribution in [0.25, 0.3) is 11.3 Å². The van der Waals surface area contributed by atoms with Gasteiger partial charge in [-0.15, -0.1) is 0 Å². The second-order valence-corrected chi connectivity index (χ2v) is 10.2. The third-order valence-corrected chi connectivity index (χ3v) is 8.41. The minimum atomic E-state index is -0.246. The van der Waals surface area contributed by atoms with Gasteiger partial charge >= 0.3 is 0 Å². The van der Waals surface area contributed by atoms with Gasteiger partial charge in [-0.05, 0) is 44.6 Å². The number of rotatable bonds is 3. The molecule has 0 amide bonds. The molecule has 2 bridgehead atoms. The average Bonchev–Trinajstić information content (AvgIpc) is 3.19. The van der Waals surface area contributed by atoms with E-state index < -0.39 is 0 Å². The zero-order valence-electron chi connectivity index (χ0n) is 14.0. The SMILES string of the molecule is O=C(CC1c2c(F)cccc2-c2cncn21)C12CCC(I)(CC1)CC2. The van der Waals surface area contributed by atoms with E-state index in [2.05, 4.69) is 27.6 Å². The first-order valence-electron chi connectivity index (χ1n) is 9.04. The molecular formula is C20H20FIN2O. The van der Waals surface area contributed by atoms with Crippen LogP contribution in [0.15, 0.2) is 30.7 Å². The Labute approximate surface area is 160 Å². The second kappa shape index (κ2) is 5.38. The molecule has 1 aliphatic heterocycles. The lowest BCUT2D eigenvalue weighted by Gasteiger charge is -2.50. The van der Waals surface area contributed by atoms with E-state index in [1.807, 2.05) is 10.6 Å². The Balaban J connectivity index is 1.48. The zero-order chi connectivity index (χ0) is 17.2. The number of benzene rings is 1. The topological polar surface area (TPSA) is 34.9 Å². The molecule has 1 aromatic carbocycles. The van der Waals surface area contributed by atoms with Crippen molar-refractivity contribution in [2.75, 3.05) is 0 Å². The summed E-state index contributed by atoms with van der Waals surface area (Å²) in [6.45, 7) is 0. The summed E-state index contributed by atoms with van der Waals surface area (Å²) in [7, 11) is 0. The van der Waals surface area contributed by atoms with Crippen LogP contribution < -0.4 is 0 Å². The second-order valence-electron chi connectivity index (χ2n) is 7.96. The predicted molar refractivity (Wildman–Crippen MR) is 102 cm³/mol. The summed E-state index contributed by atoms with van der Waals surface area (Å²) in [6, 6.07) is 4.92. The number of nitrogens with zero attached hydrogens (tertiary/aromatic N) is 2. The van der Waals surface area contributed by atoms with Gasteiger partial charge in [-0.3, -0.25) is 4.79 Å². The highest BCUT2D eigenvalue weighted by Crippen LogP contribution is 2.57. The molecule has 0 spiro atoms. The van der Waals surface area contributed by atoms with E-state index in [0.29, 0.717) is 21.2 Å². The number of Topliss-reactive ketones (excluding diaryl/α,β-unsaturated/α-hetero) is 1. The number of halogens is 2. The van der Waals surface area contributed by atoms with E-state index in [9.17, 15) is 9.18 Å². The summed E-state index contributed by atoms with van der Waals surface area (Å²) in [5, 5.41) is 0. The molecule has 0 saturated heterocycles. The van der Waals surface area contributed by atoms with Crippen molar-refractivity contribution in [2.24, 2.45) is 5.41 Å². The Morgan fingerprint density at radius 2 is 1.96 bits per heavy atom. The molecule has 1 unspecified atom stereocenters. The molecule has 130 valence electrons. The van der Waals surface area contributed by atoms with E-state index in [-0.39, 0.29) is 17.3 Å². The Hall–Kier alpha value is -1.24. The molecule has 1 aromatic heterocycles. The van der Waals surface area contributed by atoms with E-state index >= 15 is 0 Å². The van der Waals surface area contributed by atoms with Gasteiger partial charge in [0.2, 0.25) is 0 Å². The quantitative estimate of drug-likeness (QED) is 0.483. The van der Waals surface area contributed by atoms with Gasteiger partial charge in [0.15, 0.2) is 0 Å². The highest BCUT2D eigenvalue weighted by Gasteiger charge is 2.51. The number of hydrogen-bond donors (Lipinski definition) is 0. The monoisotopic (exact) mass is 450 g/mol. The number of carbonyl (C=O) groups is 1. The van der Waals surface area contributed by atoms with Crippen LogP contribution in [0.4, 0.5) is 4.39 Å². The fourth-order valence-corrected chi connectivity index (χ4v) is 5.96. The summed E-state index contributed by atoms with van der Waals surface area (Å²) in [5.74, 6) is 0.112. The van der Waals surface area contributed by atoms with Gasteiger partial charge in [0.1, 0.15) is 11.6 Å². The van der Waals surface area contributed by atoms with Crippen molar-refractivity contribution < 1.29 is 9.18 Å². The van der Waals surface area contributed by atoms with Gasteiger partial charge in [0.05, 0.1) is 24.3 Å². The first-order valence-corrected chi connectivity index (χ1v) is 10.1. The fraction of sp³-hybridized carbons (Fsp3) is 0.500. The molecule has 0 radical (unpaired) electrons. The molecule has 3 aliphatic carbocycles. The van der Waals surface area contributed by atoms with Crippen LogP contribution in [-0.4, -0.2) is 18.8 Å². The number of fused-ring (bicyclic) bond motifs is 6. The number of alkyl halides is 1. The zero-order valence-corrected chi connectivity index (χ0v) is 16.1. The molecule has 4 aliphatic rings. The Bertz CT molecular complexity index is 850. The summed E-state index contributed by atoms with van der Waals surface area (Å²) in [6.07, 6.45) is 10.3. The van der Waals surface area contributed by atoms with Crippen molar-refractivity contribution >= 4 is 28.4 Å². The van der Waals surface area contributed by atoms with Crippen LogP contribution >= 0.6 is 22.6 Å². The lowest BCUT2D eigenvalue weighted by molar-refractivity contribution is -0.134. The first kappa shape index (κ1) is 16.0. The molecule has 6 rings (SSSR count). The first-order chi connectivity index (χ1) is 12.0. The van der Waals surface area contributed by atoms with Crippen LogP contribution in [0.1, 0.15) is 56.6 Å². The van der Waals surface area contributed by atoms with Gasteiger partial charge in [0, 0.05) is 26.4 Å². The number of hydrogen-bond acceptors (Lipinski definition) is 2. The largest absolute Gasteiger partial charge is 0.322 e. The predicted octanol–water partition coefficient (Wildman–Crippen LogP) is 5.08. The highest BCUT2D eigenvalue weighted by atomic mass is 127. The molecule has 3 saturated carbocycles. The molecule has 1 atom stereocenters. The summed E-state index contributed by atoms with van der Waals surface area (Å²) >= 11 is 2.60. The van der Waals surface area contributed by atoms with Crippen molar-refractivity contribution in [1.82, 2.24) is 9.55 Å². The molecule has 5 heteroatoms. The number of imidazole rings is 1. The van der Waals surface area contributed by atoms with Gasteiger partial charge in [-0.25, -0.2) is 9.37 Å². The van der Waals surface area contributed by atoms with Crippen LogP contribution in [0, 0.1) is 11.2 Å². The van der Waals surface area contributed by atoms with Gasteiger partial charge < -0.3 is 4.57 Å². The molecule has 25 heavy (non-hydrogen) atoms. The third kappa shape index (κ3) is 2.27. The Morgan fingerprint density at radius 1 is 1.24 bits per heavy atom.